The molecule has 208 valence electrons. The number of sulfone groups is 1. The Morgan fingerprint density at radius 3 is 2.23 bits per heavy atom. The molecule has 2 aliphatic rings. The predicted molar refractivity (Wildman–Crippen MR) is 143 cm³/mol. The van der Waals surface area contributed by atoms with E-state index in [-0.39, 0.29) is 29.0 Å². The number of nitrogens with one attached hydrogen (secondary N) is 1. The molecule has 1 fully saturated rings. The summed E-state index contributed by atoms with van der Waals surface area (Å²) >= 11 is 0. The number of alkyl halides is 3. The van der Waals surface area contributed by atoms with E-state index in [0.717, 1.165) is 24.1 Å². The van der Waals surface area contributed by atoms with Crippen molar-refractivity contribution in [3.05, 3.63) is 83.6 Å². The fourth-order valence-electron chi connectivity index (χ4n) is 5.03. The third-order valence-corrected chi connectivity index (χ3v) is 9.28. The molecule has 0 bridgehead atoms. The zero-order valence-corrected chi connectivity index (χ0v) is 22.8. The molecule has 1 aliphatic carbocycles. The number of rotatable bonds is 8. The molecule has 6 nitrogen and oxygen atoms in total. The molecule has 0 aromatic heterocycles. The number of likely N-dealkylation sites (tertiary alicyclic amines) is 1. The molecular weight excluding hydrogens is 529 g/mol. The Kier molecular flexibility index (Phi) is 7.80. The summed E-state index contributed by atoms with van der Waals surface area (Å²) in [5, 5.41) is 2.81. The molecular formula is C29H31F3N2O4S. The Balaban J connectivity index is 1.43. The summed E-state index contributed by atoms with van der Waals surface area (Å²) in [5.41, 5.74) is -0.0334. The van der Waals surface area contributed by atoms with Gasteiger partial charge in [-0.3, -0.25) is 9.59 Å². The van der Waals surface area contributed by atoms with Crippen LogP contribution >= 0.6 is 0 Å². The van der Waals surface area contributed by atoms with Crippen molar-refractivity contribution < 1.29 is 31.2 Å². The summed E-state index contributed by atoms with van der Waals surface area (Å²) in [6, 6.07) is 13.2. The van der Waals surface area contributed by atoms with E-state index in [0.29, 0.717) is 23.5 Å². The number of allylic oxidation sites excluding steroid dienone is 3. The second-order valence-electron chi connectivity index (χ2n) is 10.2. The van der Waals surface area contributed by atoms with Crippen LogP contribution in [0, 0.1) is 11.3 Å². The Morgan fingerprint density at radius 1 is 1.08 bits per heavy atom. The lowest BCUT2D eigenvalue weighted by Crippen LogP contribution is -2.50. The van der Waals surface area contributed by atoms with Crippen LogP contribution in [0.15, 0.2) is 77.4 Å². The van der Waals surface area contributed by atoms with E-state index in [1.807, 2.05) is 17.0 Å². The highest BCUT2D eigenvalue weighted by Gasteiger charge is 2.60. The highest BCUT2D eigenvalue weighted by molar-refractivity contribution is 7.91. The minimum absolute atomic E-state index is 0.00169. The molecule has 1 saturated heterocycles. The van der Waals surface area contributed by atoms with Crippen molar-refractivity contribution in [3.63, 3.8) is 0 Å². The summed E-state index contributed by atoms with van der Waals surface area (Å²) in [4.78, 5) is 27.0. The first-order valence-electron chi connectivity index (χ1n) is 12.8. The molecule has 1 unspecified atom stereocenters. The number of benzene rings is 2. The molecule has 2 atom stereocenters. The molecule has 1 N–H and O–H groups in total. The average Bonchev–Trinajstić information content (AvgIpc) is 2.85. The Labute approximate surface area is 226 Å². The van der Waals surface area contributed by atoms with E-state index in [9.17, 15) is 31.2 Å². The summed E-state index contributed by atoms with van der Waals surface area (Å²) in [6.07, 6.45) is -0.322. The van der Waals surface area contributed by atoms with Crippen LogP contribution in [0.3, 0.4) is 0 Å². The quantitative estimate of drug-likeness (QED) is 0.452. The number of ketones is 1. The van der Waals surface area contributed by atoms with Crippen molar-refractivity contribution in [2.24, 2.45) is 11.3 Å². The number of halogens is 3. The smallest absolute Gasteiger partial charge is 0.365 e. The van der Waals surface area contributed by atoms with Gasteiger partial charge >= 0.3 is 6.18 Å². The highest BCUT2D eigenvalue weighted by atomic mass is 32.2. The monoisotopic (exact) mass is 560 g/mol. The minimum atomic E-state index is -4.70. The van der Waals surface area contributed by atoms with Crippen LogP contribution in [0.5, 0.6) is 0 Å². The average molecular weight is 561 g/mol. The summed E-state index contributed by atoms with van der Waals surface area (Å²) in [6.45, 7) is 4.95. The lowest BCUT2D eigenvalue weighted by atomic mass is 9.70. The molecule has 0 saturated carbocycles. The number of carbonyl (C=O) groups excluding carboxylic acids is 2. The van der Waals surface area contributed by atoms with Crippen LogP contribution in [0.25, 0.3) is 0 Å². The predicted octanol–water partition coefficient (Wildman–Crippen LogP) is 5.64. The maximum atomic E-state index is 14.1. The minimum Gasteiger partial charge on any atom is -0.365 e. The van der Waals surface area contributed by atoms with Crippen molar-refractivity contribution >= 4 is 27.2 Å². The number of hydrogen-bond acceptors (Lipinski definition) is 5. The molecule has 1 aliphatic heterocycles. The number of nitrogens with zero attached hydrogens (tertiary/aromatic N) is 1. The van der Waals surface area contributed by atoms with E-state index in [1.54, 1.807) is 31.2 Å². The fourth-order valence-corrected chi connectivity index (χ4v) is 5.92. The van der Waals surface area contributed by atoms with Crippen molar-refractivity contribution in [1.29, 1.82) is 0 Å². The first-order chi connectivity index (χ1) is 18.3. The summed E-state index contributed by atoms with van der Waals surface area (Å²) in [5.74, 6) is -2.16. The van der Waals surface area contributed by atoms with E-state index in [2.05, 4.69) is 5.32 Å². The van der Waals surface area contributed by atoms with E-state index >= 15 is 0 Å². The Morgan fingerprint density at radius 2 is 1.72 bits per heavy atom. The van der Waals surface area contributed by atoms with Gasteiger partial charge in [0.15, 0.2) is 21.0 Å². The first-order valence-corrected chi connectivity index (χ1v) is 14.4. The van der Waals surface area contributed by atoms with Crippen molar-refractivity contribution in [2.45, 2.75) is 50.7 Å². The van der Waals surface area contributed by atoms with E-state index in [4.69, 9.17) is 0 Å². The van der Waals surface area contributed by atoms with Gasteiger partial charge in [0, 0.05) is 17.9 Å². The molecule has 2 aromatic carbocycles. The standard InChI is InChI=1S/C29H31F3N2O4S/c1-4-39(37,38)24-12-5-20(6-13-24)17-27(36)33-22-9-7-21(8-10-22)25-15-16-34(25)23-11-14-26(35)28(18-23,19(2)3)29(30,31)32/h5-14,18-19,25H,4,15-17H2,1-3H3,(H,33,36)/t25?,28-/m0/s1. The van der Waals surface area contributed by atoms with Gasteiger partial charge in [-0.15, -0.1) is 0 Å². The molecule has 1 heterocycles. The lowest BCUT2D eigenvalue weighted by Gasteiger charge is -2.46. The van der Waals surface area contributed by atoms with Crippen LogP contribution < -0.4 is 5.32 Å². The molecule has 10 heteroatoms. The van der Waals surface area contributed by atoms with Crippen molar-refractivity contribution in [1.82, 2.24) is 4.90 Å². The van der Waals surface area contributed by atoms with E-state index < -0.39 is 33.1 Å². The first kappa shape index (κ1) is 28.6. The van der Waals surface area contributed by atoms with Gasteiger partial charge in [0.2, 0.25) is 5.91 Å². The van der Waals surface area contributed by atoms with Gasteiger partial charge in [0.05, 0.1) is 23.1 Å². The van der Waals surface area contributed by atoms with Gasteiger partial charge in [0.25, 0.3) is 0 Å². The lowest BCUT2D eigenvalue weighted by molar-refractivity contribution is -0.215. The third-order valence-electron chi connectivity index (χ3n) is 7.53. The summed E-state index contributed by atoms with van der Waals surface area (Å²) in [7, 11) is -3.31. The topological polar surface area (TPSA) is 83.6 Å². The van der Waals surface area contributed by atoms with Crippen LogP contribution in [0.1, 0.15) is 44.4 Å². The fraction of sp³-hybridized carbons (Fsp3) is 0.379. The molecule has 1 amide bonds. The molecule has 39 heavy (non-hydrogen) atoms. The molecule has 2 aromatic rings. The van der Waals surface area contributed by atoms with Gasteiger partial charge in [-0.1, -0.05) is 45.0 Å². The molecule has 4 rings (SSSR count). The van der Waals surface area contributed by atoms with Gasteiger partial charge in [0.1, 0.15) is 0 Å². The van der Waals surface area contributed by atoms with Crippen LogP contribution in [-0.4, -0.2) is 43.5 Å². The number of carbonyl (C=O) groups is 2. The normalized spacial score (nSPS) is 21.5. The SMILES string of the molecule is CCS(=O)(=O)c1ccc(CC(=O)Nc2ccc(C3CCN3C3=C[C@@](C(C)C)(C(F)(F)F)C(=O)C=C3)cc2)cc1. The largest absolute Gasteiger partial charge is 0.405 e. The maximum Gasteiger partial charge on any atom is 0.405 e. The Bertz CT molecular complexity index is 1410. The third kappa shape index (κ3) is 5.52. The van der Waals surface area contributed by atoms with Gasteiger partial charge < -0.3 is 10.2 Å². The zero-order chi connectivity index (χ0) is 28.6. The number of amides is 1. The molecule has 0 radical (unpaired) electrons. The van der Waals surface area contributed by atoms with Gasteiger partial charge in [-0.2, -0.15) is 13.2 Å². The Hall–Kier alpha value is -3.40. The van der Waals surface area contributed by atoms with Gasteiger partial charge in [-0.05, 0) is 66.0 Å². The maximum absolute atomic E-state index is 14.1. The van der Waals surface area contributed by atoms with Crippen LogP contribution in [-0.2, 0) is 25.8 Å². The second kappa shape index (κ2) is 10.6. The molecule has 0 spiro atoms. The van der Waals surface area contributed by atoms with E-state index in [1.165, 1.54) is 32.1 Å². The van der Waals surface area contributed by atoms with Crippen molar-refractivity contribution in [2.75, 3.05) is 17.6 Å². The van der Waals surface area contributed by atoms with Gasteiger partial charge in [-0.25, -0.2) is 8.42 Å². The number of hydrogen-bond donors (Lipinski definition) is 1. The zero-order valence-electron chi connectivity index (χ0n) is 22.0. The van der Waals surface area contributed by atoms with Crippen molar-refractivity contribution in [3.8, 4) is 0 Å². The van der Waals surface area contributed by atoms with Crippen LogP contribution in [0.4, 0.5) is 18.9 Å². The summed E-state index contributed by atoms with van der Waals surface area (Å²) < 4.78 is 66.1. The van der Waals surface area contributed by atoms with Crippen LogP contribution in [0.2, 0.25) is 0 Å². The second-order valence-corrected chi connectivity index (χ2v) is 12.5. The number of anilines is 1. The highest BCUT2D eigenvalue weighted by Crippen LogP contribution is 2.50.